The number of hydrogen-bond donors (Lipinski definition) is 5. The van der Waals surface area contributed by atoms with Crippen molar-refractivity contribution in [3.8, 4) is 11.5 Å². The quantitative estimate of drug-likeness (QED) is 0.0127. The fraction of sp³-hybridized carbons (Fsp3) is 0.613. The van der Waals surface area contributed by atoms with Crippen LogP contribution in [0.15, 0.2) is 72.3 Å². The van der Waals surface area contributed by atoms with Gasteiger partial charge < -0.3 is 58.3 Å². The first-order valence-electron chi connectivity index (χ1n) is 30.6. The smallest absolute Gasteiger partial charge is 0.322 e. The van der Waals surface area contributed by atoms with E-state index in [4.69, 9.17) is 27.8 Å². The van der Waals surface area contributed by atoms with Crippen LogP contribution in [-0.2, 0) is 51.7 Å². The van der Waals surface area contributed by atoms with Gasteiger partial charge in [-0.2, -0.15) is 0 Å². The number of benzene rings is 2. The average Bonchev–Trinajstić information content (AvgIpc) is 1.44. The molecule has 1 amide bonds. The van der Waals surface area contributed by atoms with E-state index in [1.807, 2.05) is 57.1 Å². The zero-order valence-electron chi connectivity index (χ0n) is 51.1. The molecule has 11 rings (SSSR count). The Morgan fingerprint density at radius 3 is 2.50 bits per heavy atom. The van der Waals surface area contributed by atoms with Crippen LogP contribution < -0.4 is 19.7 Å². The second-order valence-corrected chi connectivity index (χ2v) is 32.1. The molecule has 24 heteroatoms. The van der Waals surface area contributed by atoms with E-state index in [1.165, 1.54) is 18.9 Å². The summed E-state index contributed by atoms with van der Waals surface area (Å²) in [7, 11) is 3.00. The maximum Gasteiger partial charge on any atom is 0.322 e. The highest BCUT2D eigenvalue weighted by Crippen LogP contribution is 2.67. The van der Waals surface area contributed by atoms with Crippen molar-refractivity contribution >= 4 is 58.3 Å². The number of nitrogens with one attached hydrogen (secondary N) is 2. The monoisotopic (exact) mass is 1230 g/mol. The summed E-state index contributed by atoms with van der Waals surface area (Å²) in [5.41, 5.74) is -0.721. The number of anilines is 1. The number of piperidine rings is 1. The normalized spacial score (nSPS) is 29.3. The Kier molecular flexibility index (Phi) is 18.4. The van der Waals surface area contributed by atoms with Gasteiger partial charge in [0, 0.05) is 102 Å². The molecule has 464 valence electrons. The summed E-state index contributed by atoms with van der Waals surface area (Å²) in [5.74, 6) is -0.128. The van der Waals surface area contributed by atoms with Gasteiger partial charge in [-0.15, -0.1) is 5.10 Å². The lowest BCUT2D eigenvalue weighted by Crippen LogP contribution is -2.81. The fourth-order valence-electron chi connectivity index (χ4n) is 15.9. The molecular formula is C62H86N10O11SSi2. The highest BCUT2D eigenvalue weighted by Gasteiger charge is 2.78. The molecule has 8 heterocycles. The maximum atomic E-state index is 15.6. The Morgan fingerprint density at radius 2 is 1.76 bits per heavy atom. The lowest BCUT2D eigenvalue weighted by molar-refractivity contribution is -0.203. The molecule has 10 atom stereocenters. The predicted octanol–water partition coefficient (Wildman–Crippen LogP) is 5.15. The molecule has 2 bridgehead atoms. The topological polar surface area (TPSA) is 244 Å². The Balaban J connectivity index is 0.786. The number of aryl methyl sites for hydroxylation is 1. The zero-order valence-corrected chi connectivity index (χ0v) is 53.9. The maximum absolute atomic E-state index is 15.6. The second kappa shape index (κ2) is 25.3. The van der Waals surface area contributed by atoms with E-state index in [0.717, 1.165) is 45.1 Å². The van der Waals surface area contributed by atoms with Crippen LogP contribution in [0.25, 0.3) is 10.9 Å². The Hall–Kier alpha value is -5.26. The third-order valence-corrected chi connectivity index (χ3v) is 25.5. The molecule has 3 aromatic heterocycles. The van der Waals surface area contributed by atoms with Gasteiger partial charge >= 0.3 is 5.97 Å². The van der Waals surface area contributed by atoms with E-state index in [0.29, 0.717) is 145 Å². The number of aliphatic hydroxyl groups excluding tert-OH is 1. The molecule has 6 aliphatic rings. The van der Waals surface area contributed by atoms with Crippen LogP contribution in [0.3, 0.4) is 0 Å². The number of H-pyrrole nitrogens is 1. The first-order valence-corrected chi connectivity index (χ1v) is 35.8. The van der Waals surface area contributed by atoms with Gasteiger partial charge in [0.2, 0.25) is 9.76 Å². The zero-order chi connectivity index (χ0) is 60.7. The van der Waals surface area contributed by atoms with Crippen LogP contribution in [0.5, 0.6) is 11.5 Å². The number of rotatable bonds is 25. The van der Waals surface area contributed by atoms with Crippen molar-refractivity contribution in [1.29, 1.82) is 0 Å². The minimum atomic E-state index is -2.29. The SMILES string of the molecule is CC[C@]1(O)C[C@H]2CN(CCc3c([nH]c4ccccc34)[C@@](C(=O)OC)(c3cc4c(cc3OC)N(C)[C@H]3[C@@](O)(C(=O)NCCC[Si](C)(C)O[Si]CSc5ncc(OCCOCCOCCn6cc(C)nn6)cn5)[C@H](O)[C@]5(CC)C=CCN6CC[C@]43[C@@H]65)C2)C1. The molecule has 5 aliphatic heterocycles. The molecule has 1 saturated carbocycles. The fourth-order valence-corrected chi connectivity index (χ4v) is 20.7. The van der Waals surface area contributed by atoms with Crippen molar-refractivity contribution < 1.29 is 52.7 Å². The second-order valence-electron chi connectivity index (χ2n) is 25.2. The molecule has 2 radical (unpaired) electrons. The standard InChI is InChI=1S/C62H86N10O11SSi2/c1-9-58(76)33-42-34-61(56(75)79-6,51-45(17-22-70(38-42)39-58)44-15-11-12-16-48(44)66-51)47-31-46-49(32-50(47)78-5)69(4)53-60(46)19-23-71-21-13-18-59(10-2,52(60)71)54(73)62(53,77)55(74)63-20-14-30-86(7,8)83-85-40-84-57-64-35-43(36-65-57)82-29-28-81-27-26-80-25-24-72-37-41(3)67-68-72/h11-13,15-16,18,31-32,35-37,42,52-54,66,73,76-77H,9-10,14,17,19-30,33-34,38-40H2,1-8H3,(H,63,74)/t42-,52+,53-,54-,58+,59-,60-,61+,62+/m1/s1. The molecule has 86 heavy (non-hydrogen) atoms. The van der Waals surface area contributed by atoms with Crippen LogP contribution >= 0.6 is 11.8 Å². The van der Waals surface area contributed by atoms with E-state index in [2.05, 4.69) is 83.8 Å². The summed E-state index contributed by atoms with van der Waals surface area (Å²) in [6, 6.07) is 11.9. The highest BCUT2D eigenvalue weighted by atomic mass is 32.2. The summed E-state index contributed by atoms with van der Waals surface area (Å²) in [6.45, 7) is 16.7. The first kappa shape index (κ1) is 62.4. The summed E-state index contributed by atoms with van der Waals surface area (Å²) in [4.78, 5) is 50.5. The number of ether oxygens (including phenoxy) is 5. The summed E-state index contributed by atoms with van der Waals surface area (Å²) in [5, 5.41) is 52.5. The van der Waals surface area contributed by atoms with Gasteiger partial charge in [-0.3, -0.25) is 19.4 Å². The van der Waals surface area contributed by atoms with Crippen LogP contribution in [0.4, 0.5) is 5.69 Å². The number of carbonyl (C=O) groups is 2. The number of esters is 1. The van der Waals surface area contributed by atoms with Crippen molar-refractivity contribution in [3.05, 3.63) is 95.2 Å². The molecule has 1 aliphatic carbocycles. The van der Waals surface area contributed by atoms with Crippen LogP contribution in [-0.4, -0.2) is 213 Å². The molecule has 2 saturated heterocycles. The Labute approximate surface area is 512 Å². The Morgan fingerprint density at radius 1 is 0.977 bits per heavy atom. The van der Waals surface area contributed by atoms with Crippen molar-refractivity contribution in [1.82, 2.24) is 45.1 Å². The average molecular weight is 1240 g/mol. The lowest BCUT2D eigenvalue weighted by atomic mass is 9.47. The third kappa shape index (κ3) is 11.2. The molecule has 1 spiro atoms. The molecular weight excluding hydrogens is 1150 g/mol. The minimum absolute atomic E-state index is 0.109. The first-order chi connectivity index (χ1) is 41.4. The summed E-state index contributed by atoms with van der Waals surface area (Å²) >= 11 is 1.52. The van der Waals surface area contributed by atoms with Gasteiger partial charge in [0.05, 0.1) is 76.9 Å². The number of nitrogens with zero attached hydrogens (tertiary/aromatic N) is 8. The van der Waals surface area contributed by atoms with Crippen molar-refractivity contribution in [2.75, 3.05) is 104 Å². The van der Waals surface area contributed by atoms with Crippen LogP contribution in [0.2, 0.25) is 19.1 Å². The summed E-state index contributed by atoms with van der Waals surface area (Å²) < 4.78 is 37.8. The number of aromatic nitrogens is 6. The van der Waals surface area contributed by atoms with Crippen LogP contribution in [0, 0.1) is 18.3 Å². The van der Waals surface area contributed by atoms with Gasteiger partial charge in [0.1, 0.15) is 23.9 Å². The van der Waals surface area contributed by atoms with Gasteiger partial charge in [-0.1, -0.05) is 61.2 Å². The van der Waals surface area contributed by atoms with Gasteiger partial charge in [0.25, 0.3) is 5.91 Å². The molecule has 5 N–H and O–H groups in total. The number of carbonyl (C=O) groups excluding carboxylic acids is 2. The van der Waals surface area contributed by atoms with Crippen molar-refractivity contribution in [2.24, 2.45) is 11.3 Å². The minimum Gasteiger partial charge on any atom is -0.496 e. The Bertz CT molecular complexity index is 3260. The number of amides is 1. The number of hydrogen-bond acceptors (Lipinski definition) is 19. The van der Waals surface area contributed by atoms with Crippen molar-refractivity contribution in [2.45, 2.75) is 137 Å². The molecule has 2 aromatic carbocycles. The van der Waals surface area contributed by atoms with Crippen molar-refractivity contribution in [3.63, 3.8) is 0 Å². The molecule has 21 nitrogen and oxygen atoms in total. The van der Waals surface area contributed by atoms with E-state index < -0.39 is 59.8 Å². The molecule has 1 unspecified atom stereocenters. The molecule has 3 fully saturated rings. The largest absolute Gasteiger partial charge is 0.496 e. The van der Waals surface area contributed by atoms with E-state index >= 15 is 9.59 Å². The number of aromatic amines is 1. The van der Waals surface area contributed by atoms with Gasteiger partial charge in [0.15, 0.2) is 24.8 Å². The summed E-state index contributed by atoms with van der Waals surface area (Å²) in [6.07, 6.45) is 11.6. The van der Waals surface area contributed by atoms with E-state index in [1.54, 1.807) is 24.2 Å². The number of fused-ring (bicyclic) bond motifs is 6. The number of methoxy groups -OCH3 is 2. The van der Waals surface area contributed by atoms with Gasteiger partial charge in [-0.25, -0.2) is 14.6 Å². The van der Waals surface area contributed by atoms with E-state index in [-0.39, 0.29) is 28.3 Å². The van der Waals surface area contributed by atoms with Crippen LogP contribution in [0.1, 0.15) is 80.5 Å². The van der Waals surface area contributed by atoms with E-state index in [9.17, 15) is 15.3 Å². The number of aliphatic hydroxyl groups is 3. The number of likely N-dealkylation sites (N-methyl/N-ethyl adjacent to an activating group) is 1. The number of para-hydroxylation sites is 1. The molecule has 5 aromatic rings. The van der Waals surface area contributed by atoms with Gasteiger partial charge in [-0.05, 0) is 107 Å². The number of thioether (sulfide) groups is 1. The third-order valence-electron chi connectivity index (χ3n) is 19.6. The predicted molar refractivity (Wildman–Crippen MR) is 330 cm³/mol. The highest BCUT2D eigenvalue weighted by molar-refractivity contribution is 8.00. The lowest BCUT2D eigenvalue weighted by Gasteiger charge is -2.63.